The lowest BCUT2D eigenvalue weighted by Gasteiger charge is -2.10. The molecule has 0 spiro atoms. The summed E-state index contributed by atoms with van der Waals surface area (Å²) in [6.45, 7) is 1.41. The molecule has 5 rings (SSSR count). The maximum atomic E-state index is 13.2. The zero-order valence-corrected chi connectivity index (χ0v) is 26.1. The van der Waals surface area contributed by atoms with E-state index in [1.165, 1.54) is 0 Å². The number of nitrogens with one attached hydrogen (secondary N) is 4. The number of anilines is 3. The molecule has 4 N–H and O–H groups in total. The minimum Gasteiger partial charge on any atom is -0.351 e. The van der Waals surface area contributed by atoms with Crippen LogP contribution in [0.1, 0.15) is 48.2 Å². The normalized spacial score (nSPS) is 11.0. The number of rotatable bonds is 11. The van der Waals surface area contributed by atoms with Crippen molar-refractivity contribution in [3.63, 3.8) is 0 Å². The van der Waals surface area contributed by atoms with Crippen molar-refractivity contribution in [2.45, 2.75) is 6.42 Å². The Labute approximate surface area is 266 Å². The molecule has 5 aromatic rings. The molecule has 0 aliphatic heterocycles. The van der Waals surface area contributed by atoms with Crippen LogP contribution >= 0.6 is 0 Å². The number of hydrogen-bond acceptors (Lipinski definition) is 6. The molecule has 0 aliphatic rings. The first-order valence-corrected chi connectivity index (χ1v) is 14.7. The monoisotopic (exact) mass is 620 g/mol. The van der Waals surface area contributed by atoms with Crippen molar-refractivity contribution >= 4 is 51.6 Å². The van der Waals surface area contributed by atoms with E-state index in [0.717, 1.165) is 18.4 Å². The van der Waals surface area contributed by atoms with Gasteiger partial charge >= 0.3 is 0 Å². The van der Waals surface area contributed by atoms with E-state index in [2.05, 4.69) is 31.2 Å². The molecule has 0 atom stereocenters. The second-order valence-electron chi connectivity index (χ2n) is 11.2. The van der Waals surface area contributed by atoms with Gasteiger partial charge in [0.05, 0.1) is 22.6 Å². The summed E-state index contributed by atoms with van der Waals surface area (Å²) in [7, 11) is 7.39. The molecule has 0 radical (unpaired) electrons. The summed E-state index contributed by atoms with van der Waals surface area (Å²) in [5, 5.41) is 12.2. The molecule has 46 heavy (non-hydrogen) atoms. The van der Waals surface area contributed by atoms with E-state index in [0.29, 0.717) is 46.1 Å². The number of fused-ring (bicyclic) bond motifs is 1. The lowest BCUT2D eigenvalue weighted by Crippen LogP contribution is -2.28. The van der Waals surface area contributed by atoms with Crippen LogP contribution in [0.3, 0.4) is 0 Å². The molecular weight excluding hydrogens is 584 g/mol. The Hall–Kier alpha value is -5.75. The van der Waals surface area contributed by atoms with Crippen LogP contribution < -0.4 is 21.3 Å². The smallest absolute Gasteiger partial charge is 0.274 e. The van der Waals surface area contributed by atoms with Gasteiger partial charge in [-0.25, -0.2) is 4.98 Å². The minimum absolute atomic E-state index is 0.139. The lowest BCUT2D eigenvalue weighted by atomic mass is 10.1. The molecule has 236 valence electrons. The van der Waals surface area contributed by atoms with Gasteiger partial charge in [0.1, 0.15) is 17.1 Å². The molecule has 4 amide bonds. The Balaban J connectivity index is 1.25. The van der Waals surface area contributed by atoms with E-state index in [9.17, 15) is 19.2 Å². The topological polar surface area (TPSA) is 142 Å². The van der Waals surface area contributed by atoms with E-state index in [1.807, 2.05) is 26.2 Å². The average molecular weight is 621 g/mol. The summed E-state index contributed by atoms with van der Waals surface area (Å²) in [4.78, 5) is 58.3. The Kier molecular flexibility index (Phi) is 9.58. The van der Waals surface area contributed by atoms with E-state index in [-0.39, 0.29) is 17.5 Å². The van der Waals surface area contributed by atoms with Gasteiger partial charge in [-0.2, -0.15) is 0 Å². The van der Waals surface area contributed by atoms with Crippen molar-refractivity contribution < 1.29 is 19.2 Å². The molecule has 0 fully saturated rings. The predicted octanol–water partition coefficient (Wildman–Crippen LogP) is 4.35. The molecule has 12 nitrogen and oxygen atoms in total. The van der Waals surface area contributed by atoms with Crippen LogP contribution in [0.5, 0.6) is 0 Å². The highest BCUT2D eigenvalue weighted by molar-refractivity contribution is 6.10. The van der Waals surface area contributed by atoms with Crippen LogP contribution in [0, 0.1) is 0 Å². The number of aryl methyl sites for hydroxylation is 2. The van der Waals surface area contributed by atoms with Crippen LogP contribution in [0.4, 0.5) is 17.1 Å². The van der Waals surface area contributed by atoms with Crippen LogP contribution in [0.15, 0.2) is 85.2 Å². The van der Waals surface area contributed by atoms with Crippen molar-refractivity contribution in [2.24, 2.45) is 14.1 Å². The summed E-state index contributed by atoms with van der Waals surface area (Å²) in [5.74, 6) is -1.40. The van der Waals surface area contributed by atoms with Crippen LogP contribution in [-0.4, -0.2) is 69.8 Å². The van der Waals surface area contributed by atoms with Gasteiger partial charge in [0.25, 0.3) is 23.6 Å². The average Bonchev–Trinajstić information content (AvgIpc) is 3.60. The highest BCUT2D eigenvalue weighted by Gasteiger charge is 2.18. The van der Waals surface area contributed by atoms with E-state index < -0.39 is 11.8 Å². The SMILES string of the molecule is CN(C)CCCNC(=O)c1cc(NC(=O)c2cc(NC(=O)c3ccc4cccc(NC(=O)c5ccccc5)c4n3)cn2C)cn1C. The van der Waals surface area contributed by atoms with Gasteiger partial charge in [-0.3, -0.25) is 19.2 Å². The van der Waals surface area contributed by atoms with E-state index in [4.69, 9.17) is 0 Å². The maximum absolute atomic E-state index is 13.2. The number of benzene rings is 2. The maximum Gasteiger partial charge on any atom is 0.274 e. The van der Waals surface area contributed by atoms with Crippen LogP contribution in [0.25, 0.3) is 10.9 Å². The Morgan fingerprint density at radius 1 is 0.717 bits per heavy atom. The quantitative estimate of drug-likeness (QED) is 0.162. The van der Waals surface area contributed by atoms with Crippen molar-refractivity contribution in [1.29, 1.82) is 0 Å². The lowest BCUT2D eigenvalue weighted by molar-refractivity contribution is 0.0942. The first kappa shape index (κ1) is 31.7. The van der Waals surface area contributed by atoms with Crippen molar-refractivity contribution in [1.82, 2.24) is 24.3 Å². The van der Waals surface area contributed by atoms with Gasteiger partial charge in [0, 0.05) is 44.0 Å². The van der Waals surface area contributed by atoms with Gasteiger partial charge < -0.3 is 35.3 Å². The van der Waals surface area contributed by atoms with Crippen LogP contribution in [0.2, 0.25) is 0 Å². The summed E-state index contributed by atoms with van der Waals surface area (Å²) >= 11 is 0. The number of pyridine rings is 1. The Bertz CT molecular complexity index is 1910. The van der Waals surface area contributed by atoms with Crippen molar-refractivity contribution in [2.75, 3.05) is 43.1 Å². The summed E-state index contributed by atoms with van der Waals surface area (Å²) in [6, 6.07) is 20.7. The van der Waals surface area contributed by atoms with E-state index in [1.54, 1.807) is 96.3 Å². The number of aromatic nitrogens is 3. The first-order chi connectivity index (χ1) is 22.1. The fraction of sp³-hybridized carbons (Fsp3) is 0.206. The number of nitrogens with zero attached hydrogens (tertiary/aromatic N) is 4. The molecule has 0 aliphatic carbocycles. The third-order valence-corrected chi connectivity index (χ3v) is 7.30. The molecule has 3 heterocycles. The standard InChI is InChI=1S/C34H36N8O4/c1-40(2)17-9-16-35-33(45)28-18-25(21-41(28)3)37-34(46)29-19-24(20-42(29)4)36-32(44)27-15-14-22-12-8-13-26(30(22)38-27)39-31(43)23-10-6-5-7-11-23/h5-8,10-15,18-21H,9,16-17H2,1-4H3,(H,35,45)(H,36,44)(H,37,46)(H,39,43). The van der Waals surface area contributed by atoms with Crippen molar-refractivity contribution in [3.05, 3.63) is 108 Å². The van der Waals surface area contributed by atoms with Gasteiger partial charge in [0.15, 0.2) is 0 Å². The van der Waals surface area contributed by atoms with Gasteiger partial charge in [-0.05, 0) is 63.5 Å². The second kappa shape index (κ2) is 13.9. The van der Waals surface area contributed by atoms with Crippen molar-refractivity contribution in [3.8, 4) is 0 Å². The van der Waals surface area contributed by atoms with Gasteiger partial charge in [-0.15, -0.1) is 0 Å². The number of carbonyl (C=O) groups excluding carboxylic acids is 4. The molecular formula is C34H36N8O4. The largest absolute Gasteiger partial charge is 0.351 e. The Morgan fingerprint density at radius 3 is 2.04 bits per heavy atom. The van der Waals surface area contributed by atoms with Gasteiger partial charge in [0.2, 0.25) is 0 Å². The highest BCUT2D eigenvalue weighted by atomic mass is 16.2. The predicted molar refractivity (Wildman–Crippen MR) is 178 cm³/mol. The molecule has 0 saturated carbocycles. The zero-order chi connectivity index (χ0) is 32.8. The third-order valence-electron chi connectivity index (χ3n) is 7.30. The summed E-state index contributed by atoms with van der Waals surface area (Å²) in [5.41, 5.74) is 3.17. The molecule has 0 bridgehead atoms. The molecule has 12 heteroatoms. The zero-order valence-electron chi connectivity index (χ0n) is 26.1. The number of carbonyl (C=O) groups is 4. The third kappa shape index (κ3) is 7.48. The second-order valence-corrected chi connectivity index (χ2v) is 11.2. The Morgan fingerprint density at radius 2 is 1.37 bits per heavy atom. The number of amides is 4. The number of para-hydroxylation sites is 1. The fourth-order valence-corrected chi connectivity index (χ4v) is 4.95. The first-order valence-electron chi connectivity index (χ1n) is 14.7. The van der Waals surface area contributed by atoms with Gasteiger partial charge in [-0.1, -0.05) is 36.4 Å². The molecule has 0 unspecified atom stereocenters. The van der Waals surface area contributed by atoms with E-state index >= 15 is 0 Å². The van der Waals surface area contributed by atoms with Crippen LogP contribution in [-0.2, 0) is 14.1 Å². The fourth-order valence-electron chi connectivity index (χ4n) is 4.95. The molecule has 2 aromatic carbocycles. The minimum atomic E-state index is -0.479. The summed E-state index contributed by atoms with van der Waals surface area (Å²) in [6.07, 6.45) is 4.11. The number of hydrogen-bond donors (Lipinski definition) is 4. The summed E-state index contributed by atoms with van der Waals surface area (Å²) < 4.78 is 3.25. The molecule has 0 saturated heterocycles. The molecule has 3 aromatic heterocycles. The highest BCUT2D eigenvalue weighted by Crippen LogP contribution is 2.24.